The average molecular weight is 347 g/mol. The first-order valence-electron chi connectivity index (χ1n) is 6.76. The van der Waals surface area contributed by atoms with E-state index in [1.165, 1.54) is 0 Å². The van der Waals surface area contributed by atoms with E-state index >= 15 is 0 Å². The van der Waals surface area contributed by atoms with Crippen LogP contribution < -0.4 is 4.72 Å². The zero-order valence-corrected chi connectivity index (χ0v) is 13.6. The van der Waals surface area contributed by atoms with Gasteiger partial charge in [-0.25, -0.2) is 26.3 Å². The number of sulfonamides is 1. The van der Waals surface area contributed by atoms with Gasteiger partial charge in [0.25, 0.3) is 0 Å². The summed E-state index contributed by atoms with van der Waals surface area (Å²) in [7, 11) is -2.51. The second-order valence-electron chi connectivity index (χ2n) is 5.12. The molecule has 2 rings (SSSR count). The van der Waals surface area contributed by atoms with Gasteiger partial charge in [-0.2, -0.15) is 5.10 Å². The third-order valence-corrected chi connectivity index (χ3v) is 5.07. The molecule has 126 valence electrons. The maximum absolute atomic E-state index is 13.6. The number of aromatic nitrogens is 2. The predicted molar refractivity (Wildman–Crippen MR) is 77.9 cm³/mol. The van der Waals surface area contributed by atoms with Gasteiger partial charge in [0, 0.05) is 25.4 Å². The van der Waals surface area contributed by atoms with E-state index in [0.717, 1.165) is 17.0 Å². The second kappa shape index (κ2) is 6.32. The van der Waals surface area contributed by atoms with Crippen LogP contribution in [-0.4, -0.2) is 24.7 Å². The van der Waals surface area contributed by atoms with Gasteiger partial charge in [0.2, 0.25) is 10.0 Å². The lowest BCUT2D eigenvalue weighted by Gasteiger charge is -2.08. The Hall–Kier alpha value is -1.87. The molecule has 9 heteroatoms. The smallest absolute Gasteiger partial charge is 0.243 e. The third kappa shape index (κ3) is 3.56. The number of aryl methyl sites for hydroxylation is 2. The second-order valence-corrected chi connectivity index (χ2v) is 6.85. The molecule has 1 aromatic carbocycles. The van der Waals surface area contributed by atoms with E-state index in [0.29, 0.717) is 12.5 Å². The van der Waals surface area contributed by atoms with Crippen LogP contribution in [0.25, 0.3) is 0 Å². The van der Waals surface area contributed by atoms with Crippen molar-refractivity contribution in [1.82, 2.24) is 14.5 Å². The van der Waals surface area contributed by atoms with Crippen molar-refractivity contribution in [3.05, 3.63) is 46.5 Å². The highest BCUT2D eigenvalue weighted by Crippen LogP contribution is 2.18. The Balaban J connectivity index is 2.15. The molecule has 0 saturated carbocycles. The molecule has 0 radical (unpaired) electrons. The SMILES string of the molecule is Cc1nn(C)c(C)c1CCNS(=O)(=O)c1cc(F)c(F)cc1F. The Morgan fingerprint density at radius 2 is 1.74 bits per heavy atom. The Morgan fingerprint density at radius 1 is 1.13 bits per heavy atom. The minimum absolute atomic E-state index is 0.0197. The van der Waals surface area contributed by atoms with Gasteiger partial charge in [-0.1, -0.05) is 0 Å². The number of halogens is 3. The molecule has 0 fully saturated rings. The molecular weight excluding hydrogens is 331 g/mol. The first kappa shape index (κ1) is 17.5. The standard InChI is InChI=1S/C14H16F3N3O2S/c1-8-10(9(2)20(3)19-8)4-5-18-23(21,22)14-7-12(16)11(15)6-13(14)17/h6-7,18H,4-5H2,1-3H3. The van der Waals surface area contributed by atoms with Crippen LogP contribution >= 0.6 is 0 Å². The quantitative estimate of drug-likeness (QED) is 0.841. The molecule has 5 nitrogen and oxygen atoms in total. The topological polar surface area (TPSA) is 64.0 Å². The number of hydrogen-bond acceptors (Lipinski definition) is 3. The van der Waals surface area contributed by atoms with Gasteiger partial charge in [-0.05, 0) is 31.9 Å². The Kier molecular flexibility index (Phi) is 4.81. The predicted octanol–water partition coefficient (Wildman–Crippen LogP) is 1.98. The molecule has 2 aromatic rings. The number of hydrogen-bond donors (Lipinski definition) is 1. The highest BCUT2D eigenvalue weighted by atomic mass is 32.2. The molecule has 1 N–H and O–H groups in total. The van der Waals surface area contributed by atoms with Crippen LogP contribution in [0.3, 0.4) is 0 Å². The third-order valence-electron chi connectivity index (χ3n) is 3.59. The van der Waals surface area contributed by atoms with Crippen LogP contribution in [0.2, 0.25) is 0 Å². The van der Waals surface area contributed by atoms with Gasteiger partial charge < -0.3 is 0 Å². The summed E-state index contributed by atoms with van der Waals surface area (Å²) in [4.78, 5) is -0.920. The molecule has 0 aliphatic carbocycles. The molecule has 1 heterocycles. The fourth-order valence-corrected chi connectivity index (χ4v) is 3.38. The lowest BCUT2D eigenvalue weighted by atomic mass is 10.1. The van der Waals surface area contributed by atoms with Crippen molar-refractivity contribution in [3.8, 4) is 0 Å². The molecule has 0 bridgehead atoms. The van der Waals surface area contributed by atoms with Gasteiger partial charge in [0.05, 0.1) is 5.69 Å². The molecule has 0 atom stereocenters. The molecule has 23 heavy (non-hydrogen) atoms. The van der Waals surface area contributed by atoms with Crippen molar-refractivity contribution < 1.29 is 21.6 Å². The van der Waals surface area contributed by atoms with Crippen LogP contribution in [0.4, 0.5) is 13.2 Å². The Bertz CT molecular complexity index is 847. The van der Waals surface area contributed by atoms with Crippen molar-refractivity contribution in [2.75, 3.05) is 6.54 Å². The maximum atomic E-state index is 13.6. The summed E-state index contributed by atoms with van der Waals surface area (Å²) in [6, 6.07) is 0.535. The van der Waals surface area contributed by atoms with Crippen molar-refractivity contribution in [2.45, 2.75) is 25.2 Å². The molecule has 1 aromatic heterocycles. The van der Waals surface area contributed by atoms with Gasteiger partial charge in [0.1, 0.15) is 10.7 Å². The summed E-state index contributed by atoms with van der Waals surface area (Å²) in [6.07, 6.45) is 0.343. The van der Waals surface area contributed by atoms with Gasteiger partial charge in [-0.3, -0.25) is 4.68 Å². The summed E-state index contributed by atoms with van der Waals surface area (Å²) < 4.78 is 67.5. The lowest BCUT2D eigenvalue weighted by Crippen LogP contribution is -2.27. The monoisotopic (exact) mass is 347 g/mol. The molecule has 0 aliphatic rings. The number of nitrogens with zero attached hydrogens (tertiary/aromatic N) is 2. The zero-order chi connectivity index (χ0) is 17.4. The van der Waals surface area contributed by atoms with Crippen LogP contribution in [0.5, 0.6) is 0 Å². The highest BCUT2D eigenvalue weighted by Gasteiger charge is 2.22. The molecule has 0 aliphatic heterocycles. The molecule has 0 saturated heterocycles. The molecule has 0 spiro atoms. The molecule has 0 amide bonds. The van der Waals surface area contributed by atoms with Crippen molar-refractivity contribution in [3.63, 3.8) is 0 Å². The van der Waals surface area contributed by atoms with Crippen molar-refractivity contribution >= 4 is 10.0 Å². The van der Waals surface area contributed by atoms with E-state index in [4.69, 9.17) is 0 Å². The van der Waals surface area contributed by atoms with E-state index < -0.39 is 32.4 Å². The normalized spacial score (nSPS) is 11.9. The Labute approximate surface area is 132 Å². The Morgan fingerprint density at radius 3 is 2.30 bits per heavy atom. The van der Waals surface area contributed by atoms with Crippen molar-refractivity contribution in [1.29, 1.82) is 0 Å². The van der Waals surface area contributed by atoms with E-state index in [-0.39, 0.29) is 12.6 Å². The van der Waals surface area contributed by atoms with Crippen LogP contribution in [0.15, 0.2) is 17.0 Å². The summed E-state index contributed by atoms with van der Waals surface area (Å²) in [5.74, 6) is -4.21. The number of benzene rings is 1. The van der Waals surface area contributed by atoms with E-state index in [1.54, 1.807) is 18.7 Å². The minimum Gasteiger partial charge on any atom is -0.272 e. The van der Waals surface area contributed by atoms with Gasteiger partial charge >= 0.3 is 0 Å². The maximum Gasteiger partial charge on any atom is 0.243 e. The first-order valence-corrected chi connectivity index (χ1v) is 8.25. The number of rotatable bonds is 5. The van der Waals surface area contributed by atoms with E-state index in [1.807, 2.05) is 6.92 Å². The van der Waals surface area contributed by atoms with Crippen molar-refractivity contribution in [2.24, 2.45) is 7.05 Å². The highest BCUT2D eigenvalue weighted by molar-refractivity contribution is 7.89. The minimum atomic E-state index is -4.28. The largest absolute Gasteiger partial charge is 0.272 e. The van der Waals surface area contributed by atoms with Crippen LogP contribution in [-0.2, 0) is 23.5 Å². The fraction of sp³-hybridized carbons (Fsp3) is 0.357. The zero-order valence-electron chi connectivity index (χ0n) is 12.8. The summed E-state index contributed by atoms with van der Waals surface area (Å²) in [5, 5.41) is 4.21. The van der Waals surface area contributed by atoms with Gasteiger partial charge in [-0.15, -0.1) is 0 Å². The summed E-state index contributed by atoms with van der Waals surface area (Å²) in [6.45, 7) is 3.62. The van der Waals surface area contributed by atoms with E-state index in [9.17, 15) is 21.6 Å². The first-order chi connectivity index (χ1) is 10.6. The fourth-order valence-electron chi connectivity index (χ4n) is 2.28. The van der Waals surface area contributed by atoms with Crippen LogP contribution in [0.1, 0.15) is 17.0 Å². The summed E-state index contributed by atoms with van der Waals surface area (Å²) >= 11 is 0. The van der Waals surface area contributed by atoms with Crippen LogP contribution in [0, 0.1) is 31.3 Å². The number of nitrogens with one attached hydrogen (secondary N) is 1. The molecular formula is C14H16F3N3O2S. The lowest BCUT2D eigenvalue weighted by molar-refractivity contribution is 0.481. The molecule has 0 unspecified atom stereocenters. The van der Waals surface area contributed by atoms with E-state index in [2.05, 4.69) is 9.82 Å². The summed E-state index contributed by atoms with van der Waals surface area (Å²) in [5.41, 5.74) is 2.53. The van der Waals surface area contributed by atoms with Gasteiger partial charge in [0.15, 0.2) is 11.6 Å². The average Bonchev–Trinajstić information content (AvgIpc) is 2.69.